The lowest BCUT2D eigenvalue weighted by molar-refractivity contribution is 0.0697. The quantitative estimate of drug-likeness (QED) is 0.736. The molecule has 0 aliphatic carbocycles. The zero-order valence-electron chi connectivity index (χ0n) is 9.63. The van der Waals surface area contributed by atoms with Crippen LogP contribution in [0.1, 0.15) is 10.4 Å². The number of halogens is 2. The summed E-state index contributed by atoms with van der Waals surface area (Å²) < 4.78 is 39.7. The van der Waals surface area contributed by atoms with E-state index in [9.17, 15) is 17.6 Å². The fraction of sp³-hybridized carbons (Fsp3) is 0. The zero-order chi connectivity index (χ0) is 14.9. The first-order valence-corrected chi connectivity index (χ1v) is 8.53. The minimum absolute atomic E-state index is 0.0934. The van der Waals surface area contributed by atoms with E-state index >= 15 is 0 Å². The monoisotopic (exact) mass is 427 g/mol. The van der Waals surface area contributed by atoms with E-state index in [-0.39, 0.29) is 15.5 Å². The van der Waals surface area contributed by atoms with Gasteiger partial charge in [0.25, 0.3) is 10.0 Å². The van der Waals surface area contributed by atoms with Gasteiger partial charge in [-0.3, -0.25) is 4.72 Å². The van der Waals surface area contributed by atoms with Crippen molar-refractivity contribution in [2.45, 2.75) is 4.21 Å². The van der Waals surface area contributed by atoms with Crippen molar-refractivity contribution in [2.24, 2.45) is 0 Å². The van der Waals surface area contributed by atoms with Gasteiger partial charge >= 0.3 is 5.97 Å². The van der Waals surface area contributed by atoms with Crippen LogP contribution in [0.3, 0.4) is 0 Å². The summed E-state index contributed by atoms with van der Waals surface area (Å²) in [5.41, 5.74) is 0.140. The van der Waals surface area contributed by atoms with E-state index in [0.29, 0.717) is 3.57 Å². The molecule has 2 N–H and O–H groups in total. The average Bonchev–Trinajstić information content (AvgIpc) is 2.83. The molecule has 5 nitrogen and oxygen atoms in total. The Morgan fingerprint density at radius 3 is 2.60 bits per heavy atom. The molecule has 9 heteroatoms. The maximum atomic E-state index is 13.0. The Kier molecular flexibility index (Phi) is 4.30. The van der Waals surface area contributed by atoms with Gasteiger partial charge in [0, 0.05) is 8.95 Å². The normalized spacial score (nSPS) is 11.3. The van der Waals surface area contributed by atoms with Crippen molar-refractivity contribution in [1.82, 2.24) is 0 Å². The van der Waals surface area contributed by atoms with Gasteiger partial charge < -0.3 is 5.11 Å². The third kappa shape index (κ3) is 3.27. The Hall–Kier alpha value is -1.20. The van der Waals surface area contributed by atoms with Crippen molar-refractivity contribution in [3.8, 4) is 0 Å². The molecule has 0 saturated carbocycles. The molecule has 0 aliphatic heterocycles. The predicted octanol–water partition coefficient (Wildman–Crippen LogP) is 2.99. The largest absolute Gasteiger partial charge is 0.478 e. The summed E-state index contributed by atoms with van der Waals surface area (Å²) in [6, 6.07) is 4.71. The fourth-order valence-electron chi connectivity index (χ4n) is 1.34. The molecule has 0 amide bonds. The van der Waals surface area contributed by atoms with Crippen LogP contribution in [-0.2, 0) is 10.0 Å². The highest BCUT2D eigenvalue weighted by molar-refractivity contribution is 14.1. The second-order valence-electron chi connectivity index (χ2n) is 3.69. The van der Waals surface area contributed by atoms with Gasteiger partial charge in [-0.25, -0.2) is 17.6 Å². The summed E-state index contributed by atoms with van der Waals surface area (Å²) in [6.45, 7) is 0. The lowest BCUT2D eigenvalue weighted by Crippen LogP contribution is -2.12. The molecular weight excluding hydrogens is 420 g/mol. The molecule has 1 aromatic heterocycles. The molecule has 0 saturated heterocycles. The average molecular weight is 427 g/mol. The van der Waals surface area contributed by atoms with E-state index in [1.54, 1.807) is 22.6 Å². The first kappa shape index (κ1) is 15.2. The lowest BCUT2D eigenvalue weighted by atomic mass is 10.3. The van der Waals surface area contributed by atoms with Crippen molar-refractivity contribution in [1.29, 1.82) is 0 Å². The van der Waals surface area contributed by atoms with Crippen LogP contribution in [0, 0.1) is 9.39 Å². The zero-order valence-corrected chi connectivity index (χ0v) is 13.4. The van der Waals surface area contributed by atoms with Crippen LogP contribution in [0.15, 0.2) is 33.9 Å². The van der Waals surface area contributed by atoms with E-state index in [4.69, 9.17) is 5.11 Å². The van der Waals surface area contributed by atoms with E-state index in [2.05, 4.69) is 4.72 Å². The molecule has 1 heterocycles. The highest BCUT2D eigenvalue weighted by Crippen LogP contribution is 2.26. The summed E-state index contributed by atoms with van der Waals surface area (Å²) in [4.78, 5) is 10.7. The van der Waals surface area contributed by atoms with Crippen LogP contribution in [-0.4, -0.2) is 19.5 Å². The number of aromatic carboxylic acids is 1. The molecule has 2 aromatic rings. The predicted molar refractivity (Wildman–Crippen MR) is 81.2 cm³/mol. The summed E-state index contributed by atoms with van der Waals surface area (Å²) in [5, 5.41) is 10.0. The second-order valence-corrected chi connectivity index (χ2v) is 7.67. The van der Waals surface area contributed by atoms with Gasteiger partial charge in [-0.2, -0.15) is 0 Å². The molecule has 0 aliphatic rings. The van der Waals surface area contributed by atoms with Crippen LogP contribution in [0.25, 0.3) is 0 Å². The smallest absolute Gasteiger partial charge is 0.336 e. The second kappa shape index (κ2) is 5.66. The Morgan fingerprint density at radius 2 is 2.05 bits per heavy atom. The van der Waals surface area contributed by atoms with E-state index < -0.39 is 21.8 Å². The maximum Gasteiger partial charge on any atom is 0.336 e. The van der Waals surface area contributed by atoms with Crippen LogP contribution in [0.4, 0.5) is 10.1 Å². The molecule has 0 atom stereocenters. The number of carboxylic acid groups (broad SMARTS) is 1. The van der Waals surface area contributed by atoms with Gasteiger partial charge in [0.1, 0.15) is 10.0 Å². The molecule has 106 valence electrons. The molecular formula is C11H7FINO4S2. The third-order valence-corrected chi connectivity index (χ3v) is 5.96. The van der Waals surface area contributed by atoms with Crippen LogP contribution >= 0.6 is 33.9 Å². The molecule has 0 radical (unpaired) electrons. The van der Waals surface area contributed by atoms with Gasteiger partial charge in [0.05, 0.1) is 11.3 Å². The molecule has 0 spiro atoms. The lowest BCUT2D eigenvalue weighted by Gasteiger charge is -2.08. The van der Waals surface area contributed by atoms with Crippen LogP contribution < -0.4 is 4.72 Å². The minimum Gasteiger partial charge on any atom is -0.478 e. The summed E-state index contributed by atoms with van der Waals surface area (Å²) in [7, 11) is -3.88. The standard InChI is InChI=1S/C11H7FINO4S2/c12-7-1-2-9(8(13)4-7)14-20(17,18)10-3-6(5-19-10)11(15)16/h1-5,14H,(H,15,16). The number of benzene rings is 1. The van der Waals surface area contributed by atoms with Crippen molar-refractivity contribution >= 4 is 55.6 Å². The Balaban J connectivity index is 2.33. The van der Waals surface area contributed by atoms with Crippen molar-refractivity contribution in [3.63, 3.8) is 0 Å². The van der Waals surface area contributed by atoms with E-state index in [1.165, 1.54) is 17.5 Å². The third-order valence-electron chi connectivity index (χ3n) is 2.26. The van der Waals surface area contributed by atoms with Crippen molar-refractivity contribution in [3.05, 3.63) is 44.6 Å². The maximum absolute atomic E-state index is 13.0. The van der Waals surface area contributed by atoms with Gasteiger partial charge in [0.15, 0.2) is 0 Å². The van der Waals surface area contributed by atoms with E-state index in [1.807, 2.05) is 0 Å². The van der Waals surface area contributed by atoms with Crippen molar-refractivity contribution < 1.29 is 22.7 Å². The first-order chi connectivity index (χ1) is 9.29. The molecule has 0 fully saturated rings. The topological polar surface area (TPSA) is 83.5 Å². The molecule has 2 rings (SSSR count). The van der Waals surface area contributed by atoms with Crippen LogP contribution in [0.2, 0.25) is 0 Å². The SMILES string of the molecule is O=C(O)c1csc(S(=O)(=O)Nc2ccc(F)cc2I)c1. The Morgan fingerprint density at radius 1 is 1.35 bits per heavy atom. The molecule has 1 aromatic carbocycles. The summed E-state index contributed by atoms with van der Waals surface area (Å²) in [6.07, 6.45) is 0. The van der Waals surface area contributed by atoms with Crippen LogP contribution in [0.5, 0.6) is 0 Å². The number of rotatable bonds is 4. The number of sulfonamides is 1. The fourth-order valence-corrected chi connectivity index (χ4v) is 4.37. The Bertz CT molecular complexity index is 772. The number of carboxylic acids is 1. The first-order valence-electron chi connectivity index (χ1n) is 5.09. The number of thiophene rings is 1. The molecule has 0 unspecified atom stereocenters. The Labute approximate surface area is 131 Å². The van der Waals surface area contributed by atoms with Gasteiger partial charge in [0.2, 0.25) is 0 Å². The number of hydrogen-bond acceptors (Lipinski definition) is 4. The van der Waals surface area contributed by atoms with Gasteiger partial charge in [-0.15, -0.1) is 11.3 Å². The number of hydrogen-bond donors (Lipinski definition) is 2. The highest BCUT2D eigenvalue weighted by atomic mass is 127. The summed E-state index contributed by atoms with van der Waals surface area (Å²) in [5.74, 6) is -1.67. The minimum atomic E-state index is -3.88. The molecule has 20 heavy (non-hydrogen) atoms. The van der Waals surface area contributed by atoms with Gasteiger partial charge in [-0.05, 0) is 46.9 Å². The van der Waals surface area contributed by atoms with E-state index in [0.717, 1.165) is 23.5 Å². The number of nitrogens with one attached hydrogen (secondary N) is 1. The van der Waals surface area contributed by atoms with Gasteiger partial charge in [-0.1, -0.05) is 0 Å². The molecule has 0 bridgehead atoms. The summed E-state index contributed by atoms with van der Waals surface area (Å²) >= 11 is 2.61. The number of anilines is 1. The number of carbonyl (C=O) groups is 1. The highest BCUT2D eigenvalue weighted by Gasteiger charge is 2.20. The van der Waals surface area contributed by atoms with Crippen molar-refractivity contribution in [2.75, 3.05) is 4.72 Å².